The molecule has 0 unspecified atom stereocenters. The number of halogens is 2. The third kappa shape index (κ3) is 4.28. The summed E-state index contributed by atoms with van der Waals surface area (Å²) in [6.07, 6.45) is 9.05. The monoisotopic (exact) mass is 416 g/mol. The van der Waals surface area contributed by atoms with Crippen molar-refractivity contribution in [3.63, 3.8) is 0 Å². The van der Waals surface area contributed by atoms with Gasteiger partial charge in [-0.05, 0) is 54.5 Å². The Balaban J connectivity index is 1.53. The van der Waals surface area contributed by atoms with Crippen LogP contribution in [-0.2, 0) is 6.54 Å². The normalized spacial score (nSPS) is 13.3. The van der Waals surface area contributed by atoms with E-state index in [4.69, 9.17) is 10.8 Å². The van der Waals surface area contributed by atoms with E-state index in [2.05, 4.69) is 20.3 Å². The summed E-state index contributed by atoms with van der Waals surface area (Å²) in [6, 6.07) is 6.30. The van der Waals surface area contributed by atoms with Gasteiger partial charge in [0.25, 0.3) is 0 Å². The van der Waals surface area contributed by atoms with E-state index in [-0.39, 0.29) is 35.0 Å². The molecule has 3 N–H and O–H groups in total. The second-order valence-corrected chi connectivity index (χ2v) is 6.99. The van der Waals surface area contributed by atoms with Crippen molar-refractivity contribution in [2.45, 2.75) is 13.5 Å². The predicted molar refractivity (Wildman–Crippen MR) is 116 cm³/mol. The molecule has 0 fully saturated rings. The van der Waals surface area contributed by atoms with Crippen LogP contribution < -0.4 is 5.32 Å². The molecule has 0 saturated heterocycles. The second-order valence-electron chi connectivity index (χ2n) is 6.99. The van der Waals surface area contributed by atoms with Gasteiger partial charge in [0.15, 0.2) is 11.6 Å². The van der Waals surface area contributed by atoms with Gasteiger partial charge in [-0.3, -0.25) is 20.8 Å². The number of aromatic nitrogens is 3. The fourth-order valence-electron chi connectivity index (χ4n) is 3.17. The zero-order valence-corrected chi connectivity index (χ0v) is 16.6. The van der Waals surface area contributed by atoms with Crippen molar-refractivity contribution < 1.29 is 8.78 Å². The summed E-state index contributed by atoms with van der Waals surface area (Å²) in [7, 11) is 0. The molecular weight excluding hydrogens is 398 g/mol. The Bertz CT molecular complexity index is 1260. The van der Waals surface area contributed by atoms with Crippen LogP contribution in [-0.4, -0.2) is 26.4 Å². The van der Waals surface area contributed by atoms with Crippen LogP contribution in [0, 0.1) is 29.4 Å². The molecule has 0 spiro atoms. The molecule has 0 amide bonds. The molecule has 3 aromatic heterocycles. The summed E-state index contributed by atoms with van der Waals surface area (Å²) < 4.78 is 29.6. The Hall–Kier alpha value is -4.07. The number of hydrogen-bond acceptors (Lipinski definition) is 6. The number of allylic oxidation sites excluding steroid dienone is 4. The Labute approximate surface area is 177 Å². The van der Waals surface area contributed by atoms with E-state index < -0.39 is 11.6 Å². The summed E-state index contributed by atoms with van der Waals surface area (Å²) in [6.45, 7) is 1.95. The minimum absolute atomic E-state index is 0.00761. The van der Waals surface area contributed by atoms with Crippen molar-refractivity contribution in [2.75, 3.05) is 5.32 Å². The summed E-state index contributed by atoms with van der Waals surface area (Å²) in [4.78, 5) is 12.3. The highest BCUT2D eigenvalue weighted by Crippen LogP contribution is 2.26. The Kier molecular flexibility index (Phi) is 5.44. The lowest BCUT2D eigenvalue weighted by Crippen LogP contribution is -2.11. The second kappa shape index (κ2) is 8.35. The van der Waals surface area contributed by atoms with Gasteiger partial charge in [-0.2, -0.15) is 0 Å². The highest BCUT2D eigenvalue weighted by atomic mass is 19.1. The van der Waals surface area contributed by atoms with E-state index in [0.717, 1.165) is 5.69 Å². The van der Waals surface area contributed by atoms with Crippen molar-refractivity contribution in [1.29, 1.82) is 10.8 Å². The lowest BCUT2D eigenvalue weighted by atomic mass is 9.98. The van der Waals surface area contributed by atoms with E-state index in [1.807, 2.05) is 6.92 Å². The van der Waals surface area contributed by atoms with Crippen LogP contribution in [0.2, 0.25) is 0 Å². The smallest absolute Gasteiger partial charge is 0.173 e. The third-order valence-corrected chi connectivity index (χ3v) is 4.75. The molecule has 6 nitrogen and oxygen atoms in total. The minimum Gasteiger partial charge on any atom is -0.363 e. The zero-order chi connectivity index (χ0) is 22.0. The first-order valence-corrected chi connectivity index (χ1v) is 9.46. The average Bonchev–Trinajstić information content (AvgIpc) is 2.75. The number of nitrogens with one attached hydrogen (secondary N) is 3. The van der Waals surface area contributed by atoms with Crippen LogP contribution in [0.15, 0.2) is 61.1 Å². The summed E-state index contributed by atoms with van der Waals surface area (Å²) in [5.74, 6) is -1.06. The molecule has 1 aliphatic rings. The molecule has 0 saturated carbocycles. The standard InChI is InChI=1S/C23H18F2N6/c1-13-8-16(4-6-28-13)22-18(24)9-14(11-30-22)12-31-23-21(25)17(5-7-29-23)15-2-3-19(26)20(27)10-15/h2-11,26-27H,12H2,1H3,(H,29,31). The predicted octanol–water partition coefficient (Wildman–Crippen LogP) is 4.73. The fraction of sp³-hybridized carbons (Fsp3) is 0.0870. The van der Waals surface area contributed by atoms with Crippen LogP contribution >= 0.6 is 0 Å². The number of nitrogens with zero attached hydrogens (tertiary/aromatic N) is 3. The van der Waals surface area contributed by atoms with E-state index in [1.165, 1.54) is 36.7 Å². The molecule has 0 bridgehead atoms. The van der Waals surface area contributed by atoms with Crippen LogP contribution in [0.1, 0.15) is 16.8 Å². The van der Waals surface area contributed by atoms with Crippen LogP contribution in [0.4, 0.5) is 14.6 Å². The molecule has 0 radical (unpaired) electrons. The number of pyridine rings is 3. The molecule has 8 heteroatoms. The van der Waals surface area contributed by atoms with Crippen molar-refractivity contribution in [1.82, 2.24) is 15.0 Å². The first-order valence-electron chi connectivity index (χ1n) is 9.46. The van der Waals surface area contributed by atoms with E-state index in [1.54, 1.807) is 24.4 Å². The van der Waals surface area contributed by atoms with E-state index in [0.29, 0.717) is 16.7 Å². The van der Waals surface area contributed by atoms with Gasteiger partial charge in [0, 0.05) is 42.0 Å². The van der Waals surface area contributed by atoms with Gasteiger partial charge in [-0.1, -0.05) is 6.08 Å². The van der Waals surface area contributed by atoms with Gasteiger partial charge in [-0.15, -0.1) is 0 Å². The van der Waals surface area contributed by atoms with Gasteiger partial charge in [0.1, 0.15) is 11.5 Å². The highest BCUT2D eigenvalue weighted by Gasteiger charge is 2.16. The van der Waals surface area contributed by atoms with Crippen molar-refractivity contribution >= 4 is 22.8 Å². The lowest BCUT2D eigenvalue weighted by molar-refractivity contribution is 0.619. The number of aryl methyl sites for hydroxylation is 1. The third-order valence-electron chi connectivity index (χ3n) is 4.75. The maximum atomic E-state index is 15.0. The quantitative estimate of drug-likeness (QED) is 0.524. The Morgan fingerprint density at radius 2 is 1.77 bits per heavy atom. The molecule has 0 atom stereocenters. The average molecular weight is 416 g/mol. The Morgan fingerprint density at radius 1 is 0.968 bits per heavy atom. The topological polar surface area (TPSA) is 98.4 Å². The van der Waals surface area contributed by atoms with Gasteiger partial charge in [0.05, 0.1) is 11.4 Å². The molecule has 154 valence electrons. The molecule has 3 heterocycles. The summed E-state index contributed by atoms with van der Waals surface area (Å²) in [5, 5.41) is 18.2. The van der Waals surface area contributed by atoms with Gasteiger partial charge in [0.2, 0.25) is 0 Å². The van der Waals surface area contributed by atoms with Crippen molar-refractivity contribution in [3.8, 4) is 11.3 Å². The lowest BCUT2D eigenvalue weighted by Gasteiger charge is -2.13. The van der Waals surface area contributed by atoms with E-state index in [9.17, 15) is 8.78 Å². The highest BCUT2D eigenvalue weighted by molar-refractivity contribution is 6.50. The Morgan fingerprint density at radius 3 is 2.52 bits per heavy atom. The van der Waals surface area contributed by atoms with Crippen molar-refractivity contribution in [3.05, 3.63) is 89.5 Å². The first-order chi connectivity index (χ1) is 14.9. The first kappa shape index (κ1) is 20.2. The summed E-state index contributed by atoms with van der Waals surface area (Å²) >= 11 is 0. The van der Waals surface area contributed by atoms with Crippen LogP contribution in [0.3, 0.4) is 0 Å². The fourth-order valence-corrected chi connectivity index (χ4v) is 3.17. The van der Waals surface area contributed by atoms with Crippen molar-refractivity contribution in [2.24, 2.45) is 0 Å². The minimum atomic E-state index is -0.586. The molecule has 0 aromatic carbocycles. The van der Waals surface area contributed by atoms with Gasteiger partial charge >= 0.3 is 0 Å². The molecule has 4 rings (SSSR count). The molecule has 0 aliphatic heterocycles. The van der Waals surface area contributed by atoms with E-state index >= 15 is 0 Å². The molecular formula is C23H18F2N6. The van der Waals surface area contributed by atoms with Crippen LogP contribution in [0.25, 0.3) is 16.8 Å². The SMILES string of the molecule is Cc1cc(-c2ncc(CNc3nccc(C4=CC(=N)C(=N)C=C4)c3F)cc2F)ccn1. The number of rotatable bonds is 5. The number of anilines is 1. The maximum absolute atomic E-state index is 15.0. The number of hydrogen-bond donors (Lipinski definition) is 3. The summed E-state index contributed by atoms with van der Waals surface area (Å²) in [5.41, 5.74) is 2.98. The maximum Gasteiger partial charge on any atom is 0.173 e. The largest absolute Gasteiger partial charge is 0.363 e. The van der Waals surface area contributed by atoms with Gasteiger partial charge in [-0.25, -0.2) is 13.8 Å². The van der Waals surface area contributed by atoms with Gasteiger partial charge < -0.3 is 5.32 Å². The molecule has 31 heavy (non-hydrogen) atoms. The molecule has 3 aromatic rings. The van der Waals surface area contributed by atoms with Crippen LogP contribution in [0.5, 0.6) is 0 Å². The molecule has 1 aliphatic carbocycles. The zero-order valence-electron chi connectivity index (χ0n) is 16.6.